The number of benzene rings is 9. The van der Waals surface area contributed by atoms with Crippen molar-refractivity contribution in [3.63, 3.8) is 0 Å². The second-order valence-electron chi connectivity index (χ2n) is 16.9. The fourth-order valence-electron chi connectivity index (χ4n) is 9.76. The number of rotatable bonds is 7. The van der Waals surface area contributed by atoms with Gasteiger partial charge in [0.05, 0.1) is 79.7 Å². The standard InChI is InChI=1S/C62H36N6/c63-37-40-19-23-42(24-20-40)46-27-29-59-53(31-46)50-15-7-9-17-57(50)67(59)61-35-49(39-65)52(48-33-55(44-11-3-1-4-12-44)66-56(34-48)45-13-5-2-6-14-45)36-62(61)68-58-18-10-8-16-51(58)54-32-47(28-30-60(54)68)43-25-21-41(38-64)22-26-43/h1-36H. The van der Waals surface area contributed by atoms with Crippen LogP contribution in [0.5, 0.6) is 0 Å². The molecule has 12 aromatic rings. The fourth-order valence-corrected chi connectivity index (χ4v) is 9.76. The van der Waals surface area contributed by atoms with Crippen LogP contribution in [0.1, 0.15) is 16.7 Å². The van der Waals surface area contributed by atoms with Gasteiger partial charge in [0.1, 0.15) is 0 Å². The molecule has 0 aliphatic rings. The molecule has 0 amide bonds. The van der Waals surface area contributed by atoms with Crippen molar-refractivity contribution in [3.8, 4) is 85.5 Å². The number of hydrogen-bond acceptors (Lipinski definition) is 4. The lowest BCUT2D eigenvalue weighted by Crippen LogP contribution is -2.05. The Morgan fingerprint density at radius 1 is 0.309 bits per heavy atom. The summed E-state index contributed by atoms with van der Waals surface area (Å²) >= 11 is 0. The van der Waals surface area contributed by atoms with Crippen molar-refractivity contribution in [2.75, 3.05) is 0 Å². The third kappa shape index (κ3) is 6.67. The van der Waals surface area contributed by atoms with E-state index in [1.807, 2.05) is 84.9 Å². The minimum absolute atomic E-state index is 0.525. The maximum atomic E-state index is 11.3. The van der Waals surface area contributed by atoms with Crippen molar-refractivity contribution in [1.29, 1.82) is 15.8 Å². The van der Waals surface area contributed by atoms with E-state index in [9.17, 15) is 15.8 Å². The Bertz CT molecular complexity index is 4030. The van der Waals surface area contributed by atoms with Gasteiger partial charge in [-0.2, -0.15) is 15.8 Å². The zero-order valence-electron chi connectivity index (χ0n) is 36.5. The van der Waals surface area contributed by atoms with Crippen molar-refractivity contribution in [2.24, 2.45) is 0 Å². The zero-order valence-corrected chi connectivity index (χ0v) is 36.5. The normalized spacial score (nSPS) is 11.2. The first-order chi connectivity index (χ1) is 33.6. The first-order valence-electron chi connectivity index (χ1n) is 22.4. The van der Waals surface area contributed by atoms with Gasteiger partial charge < -0.3 is 9.13 Å². The minimum Gasteiger partial charge on any atom is -0.307 e. The summed E-state index contributed by atoms with van der Waals surface area (Å²) in [6.45, 7) is 0. The molecule has 0 unspecified atom stereocenters. The SMILES string of the molecule is N#Cc1ccc(-c2ccc3c(c2)c2ccccc2n3-c2cc(C#N)c(-c3cc(-c4ccccc4)nc(-c4ccccc4)c3)cc2-n2c3ccccc3c3cc(-c4ccc(C#N)cc4)ccc32)cc1. The molecule has 0 saturated heterocycles. The fraction of sp³-hybridized carbons (Fsp3) is 0. The zero-order chi connectivity index (χ0) is 45.7. The summed E-state index contributed by atoms with van der Waals surface area (Å²) in [7, 11) is 0. The lowest BCUT2D eigenvalue weighted by atomic mass is 9.95. The van der Waals surface area contributed by atoms with Crippen LogP contribution in [0.2, 0.25) is 0 Å². The van der Waals surface area contributed by atoms with Crippen molar-refractivity contribution in [2.45, 2.75) is 0 Å². The molecule has 0 radical (unpaired) electrons. The number of fused-ring (bicyclic) bond motifs is 6. The van der Waals surface area contributed by atoms with Gasteiger partial charge in [-0.1, -0.05) is 133 Å². The van der Waals surface area contributed by atoms with Crippen LogP contribution < -0.4 is 0 Å². The Balaban J connectivity index is 1.17. The molecule has 3 heterocycles. The van der Waals surface area contributed by atoms with Gasteiger partial charge in [0.15, 0.2) is 0 Å². The highest BCUT2D eigenvalue weighted by Gasteiger charge is 2.24. The molecule has 314 valence electrons. The maximum absolute atomic E-state index is 11.3. The molecular weight excluding hydrogens is 829 g/mol. The van der Waals surface area contributed by atoms with Crippen molar-refractivity contribution in [1.82, 2.24) is 14.1 Å². The third-order valence-corrected chi connectivity index (χ3v) is 13.0. The van der Waals surface area contributed by atoms with Gasteiger partial charge in [-0.15, -0.1) is 0 Å². The summed E-state index contributed by atoms with van der Waals surface area (Å²) in [5, 5.41) is 34.7. The molecule has 0 fully saturated rings. The lowest BCUT2D eigenvalue weighted by molar-refractivity contribution is 1.09. The highest BCUT2D eigenvalue weighted by atomic mass is 15.1. The number of para-hydroxylation sites is 2. The average Bonchev–Trinajstić information content (AvgIpc) is 3.93. The third-order valence-electron chi connectivity index (χ3n) is 13.0. The minimum atomic E-state index is 0.525. The van der Waals surface area contributed by atoms with Crippen LogP contribution >= 0.6 is 0 Å². The van der Waals surface area contributed by atoms with E-state index in [0.29, 0.717) is 16.7 Å². The summed E-state index contributed by atoms with van der Waals surface area (Å²) in [6.07, 6.45) is 0. The summed E-state index contributed by atoms with van der Waals surface area (Å²) in [5.41, 5.74) is 16.9. The molecule has 0 saturated carbocycles. The molecule has 0 bridgehead atoms. The second kappa shape index (κ2) is 16.3. The molecule has 68 heavy (non-hydrogen) atoms. The molecule has 6 heteroatoms. The molecule has 0 aliphatic carbocycles. The highest BCUT2D eigenvalue weighted by molar-refractivity contribution is 6.13. The number of hydrogen-bond donors (Lipinski definition) is 0. The molecule has 3 aromatic heterocycles. The van der Waals surface area contributed by atoms with Gasteiger partial charge >= 0.3 is 0 Å². The Hall–Kier alpha value is -9.80. The lowest BCUT2D eigenvalue weighted by Gasteiger charge is -2.20. The van der Waals surface area contributed by atoms with Crippen LogP contribution in [-0.4, -0.2) is 14.1 Å². The predicted octanol–water partition coefficient (Wildman–Crippen LogP) is 15.2. The molecular formula is C62H36N6. The first-order valence-corrected chi connectivity index (χ1v) is 22.4. The molecule has 12 rings (SSSR count). The van der Waals surface area contributed by atoms with Crippen LogP contribution in [-0.2, 0) is 0 Å². The van der Waals surface area contributed by atoms with E-state index in [2.05, 4.69) is 161 Å². The van der Waals surface area contributed by atoms with Crippen LogP contribution in [0.3, 0.4) is 0 Å². The molecule has 0 aliphatic heterocycles. The molecule has 0 N–H and O–H groups in total. The number of nitrogens with zero attached hydrogens (tertiary/aromatic N) is 6. The van der Waals surface area contributed by atoms with Gasteiger partial charge in [-0.25, -0.2) is 4.98 Å². The summed E-state index contributed by atoms with van der Waals surface area (Å²) < 4.78 is 4.65. The van der Waals surface area contributed by atoms with Crippen LogP contribution in [0, 0.1) is 34.0 Å². The van der Waals surface area contributed by atoms with Crippen LogP contribution in [0.15, 0.2) is 218 Å². The van der Waals surface area contributed by atoms with E-state index in [1.165, 1.54) is 0 Å². The van der Waals surface area contributed by atoms with E-state index in [4.69, 9.17) is 4.98 Å². The second-order valence-corrected chi connectivity index (χ2v) is 16.9. The summed E-state index contributed by atoms with van der Waals surface area (Å²) in [4.78, 5) is 5.19. The molecule has 9 aromatic carbocycles. The van der Waals surface area contributed by atoms with E-state index < -0.39 is 0 Å². The van der Waals surface area contributed by atoms with Gasteiger partial charge in [0, 0.05) is 38.2 Å². The molecule has 0 spiro atoms. The maximum Gasteiger partial charge on any atom is 0.0998 e. The van der Waals surface area contributed by atoms with E-state index in [1.54, 1.807) is 0 Å². The van der Waals surface area contributed by atoms with Gasteiger partial charge in [-0.05, 0) is 113 Å². The van der Waals surface area contributed by atoms with Crippen LogP contribution in [0.4, 0.5) is 0 Å². The van der Waals surface area contributed by atoms with Crippen molar-refractivity contribution < 1.29 is 0 Å². The highest BCUT2D eigenvalue weighted by Crippen LogP contribution is 2.43. The monoisotopic (exact) mass is 864 g/mol. The van der Waals surface area contributed by atoms with Crippen molar-refractivity contribution >= 4 is 43.6 Å². The number of aromatic nitrogens is 3. The molecule has 0 atom stereocenters. The van der Waals surface area contributed by atoms with E-state index >= 15 is 0 Å². The summed E-state index contributed by atoms with van der Waals surface area (Å²) in [5.74, 6) is 0. The van der Waals surface area contributed by atoms with Gasteiger partial charge in [0.25, 0.3) is 0 Å². The van der Waals surface area contributed by atoms with E-state index in [0.717, 1.165) is 111 Å². The van der Waals surface area contributed by atoms with Gasteiger partial charge in [-0.3, -0.25) is 0 Å². The quantitative estimate of drug-likeness (QED) is 0.159. The Morgan fingerprint density at radius 2 is 0.721 bits per heavy atom. The Morgan fingerprint density at radius 3 is 1.18 bits per heavy atom. The first kappa shape index (κ1) is 39.8. The molecule has 6 nitrogen and oxygen atoms in total. The van der Waals surface area contributed by atoms with Crippen molar-refractivity contribution in [3.05, 3.63) is 235 Å². The Labute approximate surface area is 392 Å². The largest absolute Gasteiger partial charge is 0.307 e. The summed E-state index contributed by atoms with van der Waals surface area (Å²) in [6, 6.07) is 81.4. The number of pyridine rings is 1. The number of nitriles is 3. The topological polar surface area (TPSA) is 94.1 Å². The van der Waals surface area contributed by atoms with Gasteiger partial charge in [0.2, 0.25) is 0 Å². The average molecular weight is 865 g/mol. The smallest absolute Gasteiger partial charge is 0.0998 e. The predicted molar refractivity (Wildman–Crippen MR) is 274 cm³/mol. The van der Waals surface area contributed by atoms with E-state index in [-0.39, 0.29) is 0 Å². The Kier molecular flexibility index (Phi) is 9.55. The van der Waals surface area contributed by atoms with Crippen LogP contribution in [0.25, 0.3) is 111 Å².